The SMILES string of the molecule is Cc1cccc(C(N)c2ccc3c(c2)OCCO3)n1. The Morgan fingerprint density at radius 3 is 2.68 bits per heavy atom. The molecule has 1 atom stereocenters. The fourth-order valence-corrected chi connectivity index (χ4v) is 2.16. The van der Waals surface area contributed by atoms with Gasteiger partial charge in [0.1, 0.15) is 13.2 Å². The molecule has 0 fully saturated rings. The van der Waals surface area contributed by atoms with Crippen molar-refractivity contribution in [3.8, 4) is 11.5 Å². The highest BCUT2D eigenvalue weighted by Crippen LogP contribution is 2.33. The second-order valence-electron chi connectivity index (χ2n) is 4.58. The Morgan fingerprint density at radius 2 is 1.89 bits per heavy atom. The molecule has 2 aromatic rings. The molecular formula is C15H16N2O2. The predicted octanol–water partition coefficient (Wildman–Crippen LogP) is 2.21. The van der Waals surface area contributed by atoms with Gasteiger partial charge < -0.3 is 15.2 Å². The Balaban J connectivity index is 1.93. The van der Waals surface area contributed by atoms with Crippen molar-refractivity contribution < 1.29 is 9.47 Å². The van der Waals surface area contributed by atoms with Crippen LogP contribution in [0.15, 0.2) is 36.4 Å². The maximum Gasteiger partial charge on any atom is 0.161 e. The van der Waals surface area contributed by atoms with E-state index in [2.05, 4.69) is 4.98 Å². The van der Waals surface area contributed by atoms with Crippen LogP contribution in [-0.2, 0) is 0 Å². The van der Waals surface area contributed by atoms with Gasteiger partial charge in [-0.3, -0.25) is 4.98 Å². The Hall–Kier alpha value is -2.07. The van der Waals surface area contributed by atoms with Crippen molar-refractivity contribution in [1.29, 1.82) is 0 Å². The van der Waals surface area contributed by atoms with Crippen molar-refractivity contribution >= 4 is 0 Å². The lowest BCUT2D eigenvalue weighted by molar-refractivity contribution is 0.171. The summed E-state index contributed by atoms with van der Waals surface area (Å²) in [5.41, 5.74) is 9.06. The largest absolute Gasteiger partial charge is 0.486 e. The molecule has 4 nitrogen and oxygen atoms in total. The lowest BCUT2D eigenvalue weighted by Crippen LogP contribution is -2.17. The minimum Gasteiger partial charge on any atom is -0.486 e. The molecular weight excluding hydrogens is 240 g/mol. The summed E-state index contributed by atoms with van der Waals surface area (Å²) in [6.45, 7) is 3.13. The number of rotatable bonds is 2. The standard InChI is InChI=1S/C15H16N2O2/c1-10-3-2-4-12(17-10)15(16)11-5-6-13-14(9-11)19-8-7-18-13/h2-6,9,15H,7-8,16H2,1H3. The minimum atomic E-state index is -0.254. The van der Waals surface area contributed by atoms with Crippen molar-refractivity contribution in [2.24, 2.45) is 5.73 Å². The quantitative estimate of drug-likeness (QED) is 0.895. The molecule has 0 spiro atoms. The van der Waals surface area contributed by atoms with Gasteiger partial charge in [0.05, 0.1) is 11.7 Å². The number of hydrogen-bond donors (Lipinski definition) is 1. The highest BCUT2D eigenvalue weighted by molar-refractivity contribution is 5.45. The van der Waals surface area contributed by atoms with Gasteiger partial charge in [-0.05, 0) is 36.8 Å². The van der Waals surface area contributed by atoms with Gasteiger partial charge in [-0.15, -0.1) is 0 Å². The molecule has 0 saturated heterocycles. The van der Waals surface area contributed by atoms with Gasteiger partial charge in [0, 0.05) is 5.69 Å². The second-order valence-corrected chi connectivity index (χ2v) is 4.58. The molecule has 1 aromatic carbocycles. The van der Waals surface area contributed by atoms with Crippen LogP contribution < -0.4 is 15.2 Å². The van der Waals surface area contributed by atoms with Gasteiger partial charge in [-0.25, -0.2) is 0 Å². The first-order chi connectivity index (χ1) is 9.24. The zero-order valence-corrected chi connectivity index (χ0v) is 10.8. The molecule has 1 aromatic heterocycles. The van der Waals surface area contributed by atoms with Gasteiger partial charge in [-0.2, -0.15) is 0 Å². The van der Waals surface area contributed by atoms with Gasteiger partial charge in [0.2, 0.25) is 0 Å². The summed E-state index contributed by atoms with van der Waals surface area (Å²) >= 11 is 0. The van der Waals surface area contributed by atoms with E-state index in [1.807, 2.05) is 43.3 Å². The number of aryl methyl sites for hydroxylation is 1. The van der Waals surface area contributed by atoms with Crippen LogP contribution in [0.25, 0.3) is 0 Å². The first kappa shape index (κ1) is 12.0. The minimum absolute atomic E-state index is 0.254. The summed E-state index contributed by atoms with van der Waals surface area (Å²) in [4.78, 5) is 4.46. The molecule has 3 rings (SSSR count). The molecule has 2 heterocycles. The number of aromatic nitrogens is 1. The summed E-state index contributed by atoms with van der Waals surface area (Å²) in [7, 11) is 0. The van der Waals surface area contributed by atoms with E-state index in [-0.39, 0.29) is 6.04 Å². The van der Waals surface area contributed by atoms with Crippen molar-refractivity contribution in [3.05, 3.63) is 53.3 Å². The highest BCUT2D eigenvalue weighted by atomic mass is 16.6. The van der Waals surface area contributed by atoms with Crippen LogP contribution in [-0.4, -0.2) is 18.2 Å². The maximum atomic E-state index is 6.26. The number of ether oxygens (including phenoxy) is 2. The summed E-state index contributed by atoms with van der Waals surface area (Å²) in [6, 6.07) is 11.4. The van der Waals surface area contributed by atoms with E-state index in [4.69, 9.17) is 15.2 Å². The molecule has 0 radical (unpaired) electrons. The van der Waals surface area contributed by atoms with Gasteiger partial charge >= 0.3 is 0 Å². The third-order valence-electron chi connectivity index (χ3n) is 3.15. The second kappa shape index (κ2) is 4.90. The van der Waals surface area contributed by atoms with E-state index < -0.39 is 0 Å². The summed E-state index contributed by atoms with van der Waals surface area (Å²) in [5, 5.41) is 0. The third-order valence-corrected chi connectivity index (χ3v) is 3.15. The Morgan fingerprint density at radius 1 is 1.11 bits per heavy atom. The summed E-state index contributed by atoms with van der Waals surface area (Å²) in [5.74, 6) is 1.53. The number of hydrogen-bond acceptors (Lipinski definition) is 4. The first-order valence-corrected chi connectivity index (χ1v) is 6.33. The summed E-state index contributed by atoms with van der Waals surface area (Å²) in [6.07, 6.45) is 0. The van der Waals surface area contributed by atoms with Crippen molar-refractivity contribution in [2.75, 3.05) is 13.2 Å². The predicted molar refractivity (Wildman–Crippen MR) is 72.4 cm³/mol. The number of nitrogens with zero attached hydrogens (tertiary/aromatic N) is 1. The van der Waals surface area contributed by atoms with Crippen LogP contribution >= 0.6 is 0 Å². The highest BCUT2D eigenvalue weighted by Gasteiger charge is 2.16. The van der Waals surface area contributed by atoms with Crippen LogP contribution in [0.1, 0.15) is 23.0 Å². The number of pyridine rings is 1. The smallest absolute Gasteiger partial charge is 0.161 e. The van der Waals surface area contributed by atoms with E-state index in [1.54, 1.807) is 0 Å². The Kier molecular flexibility index (Phi) is 3.09. The van der Waals surface area contributed by atoms with Crippen LogP contribution in [0.5, 0.6) is 11.5 Å². The normalized spacial score (nSPS) is 15.1. The fraction of sp³-hybridized carbons (Fsp3) is 0.267. The number of benzene rings is 1. The Labute approximate surface area is 112 Å². The molecule has 0 saturated carbocycles. The molecule has 98 valence electrons. The van der Waals surface area contributed by atoms with Crippen LogP contribution in [0.3, 0.4) is 0 Å². The average molecular weight is 256 g/mol. The van der Waals surface area contributed by atoms with Crippen molar-refractivity contribution in [3.63, 3.8) is 0 Å². The zero-order valence-electron chi connectivity index (χ0n) is 10.8. The number of fused-ring (bicyclic) bond motifs is 1. The molecule has 0 bridgehead atoms. The van der Waals surface area contributed by atoms with Crippen molar-refractivity contribution in [2.45, 2.75) is 13.0 Å². The van der Waals surface area contributed by atoms with Gasteiger partial charge in [0.25, 0.3) is 0 Å². The molecule has 0 amide bonds. The average Bonchev–Trinajstić information content (AvgIpc) is 2.46. The van der Waals surface area contributed by atoms with E-state index in [0.717, 1.165) is 28.5 Å². The molecule has 1 unspecified atom stereocenters. The summed E-state index contributed by atoms with van der Waals surface area (Å²) < 4.78 is 11.1. The monoisotopic (exact) mass is 256 g/mol. The van der Waals surface area contributed by atoms with Crippen molar-refractivity contribution in [1.82, 2.24) is 4.98 Å². The topological polar surface area (TPSA) is 57.4 Å². The molecule has 0 aliphatic carbocycles. The molecule has 1 aliphatic rings. The molecule has 19 heavy (non-hydrogen) atoms. The van der Waals surface area contributed by atoms with Crippen LogP contribution in [0, 0.1) is 6.92 Å². The Bertz CT molecular complexity index is 598. The molecule has 1 aliphatic heterocycles. The zero-order chi connectivity index (χ0) is 13.2. The number of nitrogens with two attached hydrogens (primary N) is 1. The fourth-order valence-electron chi connectivity index (χ4n) is 2.16. The lowest BCUT2D eigenvalue weighted by atomic mass is 10.0. The van der Waals surface area contributed by atoms with Crippen LogP contribution in [0.2, 0.25) is 0 Å². The van der Waals surface area contributed by atoms with E-state index in [9.17, 15) is 0 Å². The van der Waals surface area contributed by atoms with E-state index in [0.29, 0.717) is 13.2 Å². The maximum absolute atomic E-state index is 6.26. The van der Waals surface area contributed by atoms with Crippen LogP contribution in [0.4, 0.5) is 0 Å². The molecule has 4 heteroatoms. The van der Waals surface area contributed by atoms with E-state index in [1.165, 1.54) is 0 Å². The molecule has 2 N–H and O–H groups in total. The lowest BCUT2D eigenvalue weighted by Gasteiger charge is -2.20. The first-order valence-electron chi connectivity index (χ1n) is 6.33. The van der Waals surface area contributed by atoms with Gasteiger partial charge in [0.15, 0.2) is 11.5 Å². The van der Waals surface area contributed by atoms with Gasteiger partial charge in [-0.1, -0.05) is 12.1 Å². The van der Waals surface area contributed by atoms with E-state index >= 15 is 0 Å². The third kappa shape index (κ3) is 2.39.